The SMILES string of the molecule is Nc1cc(N)c(C(F)(F)F)cc1F. The average molecular weight is 194 g/mol. The fraction of sp³-hybridized carbons (Fsp3) is 0.143. The summed E-state index contributed by atoms with van der Waals surface area (Å²) >= 11 is 0. The molecule has 0 heterocycles. The van der Waals surface area contributed by atoms with Crippen molar-refractivity contribution in [2.24, 2.45) is 0 Å². The summed E-state index contributed by atoms with van der Waals surface area (Å²) in [5, 5.41) is 0. The highest BCUT2D eigenvalue weighted by molar-refractivity contribution is 5.58. The third-order valence-corrected chi connectivity index (χ3v) is 1.47. The van der Waals surface area contributed by atoms with Crippen molar-refractivity contribution < 1.29 is 17.6 Å². The number of anilines is 2. The Labute approximate surface area is 71.1 Å². The Morgan fingerprint density at radius 1 is 1.00 bits per heavy atom. The Morgan fingerprint density at radius 2 is 1.54 bits per heavy atom. The summed E-state index contributed by atoms with van der Waals surface area (Å²) in [6.07, 6.45) is -4.65. The molecule has 0 aliphatic carbocycles. The number of hydrogen-bond acceptors (Lipinski definition) is 2. The highest BCUT2D eigenvalue weighted by atomic mass is 19.4. The van der Waals surface area contributed by atoms with Crippen LogP contribution in [0.25, 0.3) is 0 Å². The Bertz CT molecular complexity index is 332. The van der Waals surface area contributed by atoms with Gasteiger partial charge in [0, 0.05) is 5.69 Å². The van der Waals surface area contributed by atoms with Crippen LogP contribution in [-0.2, 0) is 6.18 Å². The molecule has 2 nitrogen and oxygen atoms in total. The zero-order valence-corrected chi connectivity index (χ0v) is 6.32. The largest absolute Gasteiger partial charge is 0.418 e. The number of alkyl halides is 3. The van der Waals surface area contributed by atoms with E-state index in [4.69, 9.17) is 11.5 Å². The van der Waals surface area contributed by atoms with Gasteiger partial charge in [-0.2, -0.15) is 13.2 Å². The molecular weight excluding hydrogens is 188 g/mol. The van der Waals surface area contributed by atoms with Crippen molar-refractivity contribution in [1.29, 1.82) is 0 Å². The van der Waals surface area contributed by atoms with E-state index in [1.165, 1.54) is 0 Å². The zero-order valence-electron chi connectivity index (χ0n) is 6.32. The summed E-state index contributed by atoms with van der Waals surface area (Å²) in [5.41, 5.74) is 7.84. The maximum atomic E-state index is 12.6. The van der Waals surface area contributed by atoms with Gasteiger partial charge in [-0.3, -0.25) is 0 Å². The minimum Gasteiger partial charge on any atom is -0.398 e. The summed E-state index contributed by atoms with van der Waals surface area (Å²) in [6, 6.07) is 1.03. The molecule has 1 aromatic rings. The number of nitrogen functional groups attached to an aromatic ring is 2. The van der Waals surface area contributed by atoms with Crippen LogP contribution >= 0.6 is 0 Å². The van der Waals surface area contributed by atoms with Gasteiger partial charge in [0.25, 0.3) is 0 Å². The van der Waals surface area contributed by atoms with Gasteiger partial charge in [-0.25, -0.2) is 4.39 Å². The van der Waals surface area contributed by atoms with Gasteiger partial charge < -0.3 is 11.5 Å². The van der Waals surface area contributed by atoms with E-state index in [0.717, 1.165) is 6.07 Å². The third kappa shape index (κ3) is 1.82. The second-order valence-electron chi connectivity index (χ2n) is 2.46. The summed E-state index contributed by atoms with van der Waals surface area (Å²) in [7, 11) is 0. The Balaban J connectivity index is 3.32. The molecule has 0 aromatic heterocycles. The molecule has 6 heteroatoms. The van der Waals surface area contributed by atoms with Crippen molar-refractivity contribution in [3.05, 3.63) is 23.5 Å². The first-order chi connectivity index (χ1) is 5.82. The van der Waals surface area contributed by atoms with E-state index in [1.807, 2.05) is 0 Å². The molecule has 0 saturated carbocycles. The van der Waals surface area contributed by atoms with Crippen molar-refractivity contribution in [2.75, 3.05) is 11.5 Å². The topological polar surface area (TPSA) is 52.0 Å². The fourth-order valence-electron chi connectivity index (χ4n) is 0.853. The fourth-order valence-corrected chi connectivity index (χ4v) is 0.853. The normalized spacial score (nSPS) is 11.7. The molecule has 0 aliphatic heterocycles. The van der Waals surface area contributed by atoms with Crippen LogP contribution in [0.5, 0.6) is 0 Å². The molecule has 13 heavy (non-hydrogen) atoms. The summed E-state index contributed by atoms with van der Waals surface area (Å²) in [6.45, 7) is 0. The average Bonchev–Trinajstić information content (AvgIpc) is 1.94. The van der Waals surface area contributed by atoms with E-state index >= 15 is 0 Å². The van der Waals surface area contributed by atoms with E-state index < -0.39 is 28.9 Å². The molecule has 0 unspecified atom stereocenters. The van der Waals surface area contributed by atoms with Crippen molar-refractivity contribution in [3.8, 4) is 0 Å². The van der Waals surface area contributed by atoms with Crippen LogP contribution in [0.1, 0.15) is 5.56 Å². The lowest BCUT2D eigenvalue weighted by molar-refractivity contribution is -0.137. The van der Waals surface area contributed by atoms with Crippen molar-refractivity contribution >= 4 is 11.4 Å². The van der Waals surface area contributed by atoms with Crippen LogP contribution in [0, 0.1) is 5.82 Å². The first-order valence-corrected chi connectivity index (χ1v) is 3.24. The maximum absolute atomic E-state index is 12.6. The molecule has 0 saturated heterocycles. The number of hydrogen-bond donors (Lipinski definition) is 2. The molecule has 72 valence electrons. The van der Waals surface area contributed by atoms with Gasteiger partial charge in [0.1, 0.15) is 5.82 Å². The molecule has 0 atom stereocenters. The predicted molar refractivity (Wildman–Crippen MR) is 40.2 cm³/mol. The molecule has 0 aliphatic rings. The van der Waals surface area contributed by atoms with Gasteiger partial charge in [-0.05, 0) is 12.1 Å². The van der Waals surface area contributed by atoms with Crippen LogP contribution in [0.4, 0.5) is 28.9 Å². The smallest absolute Gasteiger partial charge is 0.398 e. The monoisotopic (exact) mass is 194 g/mol. The molecule has 4 N–H and O–H groups in total. The molecule has 1 rings (SSSR count). The molecule has 1 aromatic carbocycles. The minimum absolute atomic E-state index is 0.282. The van der Waals surface area contributed by atoms with E-state index in [9.17, 15) is 17.6 Å². The van der Waals surface area contributed by atoms with Gasteiger partial charge in [-0.15, -0.1) is 0 Å². The maximum Gasteiger partial charge on any atom is 0.418 e. The second kappa shape index (κ2) is 2.79. The first kappa shape index (κ1) is 9.63. The van der Waals surface area contributed by atoms with E-state index in [0.29, 0.717) is 0 Å². The Kier molecular flexibility index (Phi) is 2.07. The van der Waals surface area contributed by atoms with E-state index in [-0.39, 0.29) is 6.07 Å². The standard InChI is InChI=1S/C7H6F4N2/c8-4-1-3(7(9,10)11)5(12)2-6(4)13/h1-2H,12-13H2. The predicted octanol–water partition coefficient (Wildman–Crippen LogP) is 2.01. The molecular formula is C7H6F4N2. The zero-order chi connectivity index (χ0) is 10.2. The molecule has 0 radical (unpaired) electrons. The molecule has 0 amide bonds. The number of nitrogens with two attached hydrogens (primary N) is 2. The molecule has 0 spiro atoms. The van der Waals surface area contributed by atoms with Gasteiger partial charge in [0.05, 0.1) is 11.3 Å². The van der Waals surface area contributed by atoms with Crippen LogP contribution < -0.4 is 11.5 Å². The molecule has 0 fully saturated rings. The highest BCUT2D eigenvalue weighted by Crippen LogP contribution is 2.35. The first-order valence-electron chi connectivity index (χ1n) is 3.24. The van der Waals surface area contributed by atoms with Crippen molar-refractivity contribution in [3.63, 3.8) is 0 Å². The summed E-state index contributed by atoms with van der Waals surface area (Å²) in [5.74, 6) is -1.12. The Morgan fingerprint density at radius 3 is 2.00 bits per heavy atom. The number of halogens is 4. The third-order valence-electron chi connectivity index (χ3n) is 1.47. The van der Waals surface area contributed by atoms with Crippen LogP contribution in [0.2, 0.25) is 0 Å². The minimum atomic E-state index is -4.65. The molecule has 0 bridgehead atoms. The Hall–Kier alpha value is -1.46. The number of rotatable bonds is 0. The van der Waals surface area contributed by atoms with Gasteiger partial charge >= 0.3 is 6.18 Å². The lowest BCUT2D eigenvalue weighted by Crippen LogP contribution is -2.10. The van der Waals surface area contributed by atoms with Crippen LogP contribution in [-0.4, -0.2) is 0 Å². The van der Waals surface area contributed by atoms with E-state index in [1.54, 1.807) is 0 Å². The van der Waals surface area contributed by atoms with Crippen LogP contribution in [0.3, 0.4) is 0 Å². The van der Waals surface area contributed by atoms with Crippen molar-refractivity contribution in [1.82, 2.24) is 0 Å². The summed E-state index contributed by atoms with van der Waals surface area (Å²) in [4.78, 5) is 0. The van der Waals surface area contributed by atoms with Crippen LogP contribution in [0.15, 0.2) is 12.1 Å². The van der Waals surface area contributed by atoms with Gasteiger partial charge in [0.15, 0.2) is 0 Å². The summed E-state index contributed by atoms with van der Waals surface area (Å²) < 4.78 is 48.8. The lowest BCUT2D eigenvalue weighted by atomic mass is 10.1. The quantitative estimate of drug-likeness (QED) is 0.490. The van der Waals surface area contributed by atoms with Crippen molar-refractivity contribution in [2.45, 2.75) is 6.18 Å². The van der Waals surface area contributed by atoms with Gasteiger partial charge in [-0.1, -0.05) is 0 Å². The number of benzene rings is 1. The van der Waals surface area contributed by atoms with E-state index in [2.05, 4.69) is 0 Å². The highest BCUT2D eigenvalue weighted by Gasteiger charge is 2.33. The lowest BCUT2D eigenvalue weighted by Gasteiger charge is -2.10. The second-order valence-corrected chi connectivity index (χ2v) is 2.46. The van der Waals surface area contributed by atoms with Gasteiger partial charge in [0.2, 0.25) is 0 Å².